The molecule has 3 heterocycles. The van der Waals surface area contributed by atoms with Crippen molar-refractivity contribution in [3.05, 3.63) is 29.8 Å². The Labute approximate surface area is 162 Å². The number of piperidine rings is 1. The Morgan fingerprint density at radius 2 is 2.07 bits per heavy atom. The first-order valence-corrected chi connectivity index (χ1v) is 9.89. The SMILES string of the molecule is COC(=O)[C@]12CCC34CC(=O)C5CN(C(=O)CC3O)[C@@H]4[C@]51c1ccccc1N2. The Hall–Kier alpha value is -2.41. The first kappa shape index (κ1) is 16.5. The lowest BCUT2D eigenvalue weighted by Gasteiger charge is -2.64. The van der Waals surface area contributed by atoms with E-state index in [2.05, 4.69) is 5.32 Å². The maximum Gasteiger partial charge on any atom is 0.332 e. The number of fused-ring (bicyclic) bond motifs is 1. The van der Waals surface area contributed by atoms with Crippen LogP contribution >= 0.6 is 0 Å². The maximum atomic E-state index is 13.4. The van der Waals surface area contributed by atoms with E-state index in [0.717, 1.165) is 11.3 Å². The number of aliphatic hydroxyl groups excluding tert-OH is 1. The summed E-state index contributed by atoms with van der Waals surface area (Å²) in [6, 6.07) is 7.30. The normalized spacial score (nSPS) is 44.6. The van der Waals surface area contributed by atoms with Gasteiger partial charge in [0.15, 0.2) is 0 Å². The number of carbonyl (C=O) groups is 3. The highest BCUT2D eigenvalue weighted by Crippen LogP contribution is 2.72. The van der Waals surface area contributed by atoms with Crippen molar-refractivity contribution in [1.29, 1.82) is 0 Å². The van der Waals surface area contributed by atoms with Gasteiger partial charge in [-0.25, -0.2) is 4.79 Å². The summed E-state index contributed by atoms with van der Waals surface area (Å²) in [5, 5.41) is 14.5. The number of Topliss-reactive ketones (excluding diaryl/α,β-unsaturated/α-hetero) is 1. The van der Waals surface area contributed by atoms with Gasteiger partial charge in [-0.1, -0.05) is 18.2 Å². The van der Waals surface area contributed by atoms with Gasteiger partial charge in [-0.3, -0.25) is 9.59 Å². The van der Waals surface area contributed by atoms with Gasteiger partial charge >= 0.3 is 5.97 Å². The first-order chi connectivity index (χ1) is 13.4. The Morgan fingerprint density at radius 3 is 2.86 bits per heavy atom. The lowest BCUT2D eigenvalue weighted by atomic mass is 9.41. The van der Waals surface area contributed by atoms with Crippen LogP contribution in [-0.2, 0) is 24.5 Å². The molecule has 3 aliphatic heterocycles. The number of para-hydroxylation sites is 1. The molecule has 4 fully saturated rings. The van der Waals surface area contributed by atoms with E-state index in [1.807, 2.05) is 24.3 Å². The van der Waals surface area contributed by atoms with Gasteiger partial charge < -0.3 is 20.1 Å². The van der Waals surface area contributed by atoms with Crippen molar-refractivity contribution in [3.63, 3.8) is 0 Å². The molecule has 1 aromatic carbocycles. The summed E-state index contributed by atoms with van der Waals surface area (Å²) >= 11 is 0. The summed E-state index contributed by atoms with van der Waals surface area (Å²) in [7, 11) is 1.37. The highest BCUT2D eigenvalue weighted by molar-refractivity contribution is 6.00. The van der Waals surface area contributed by atoms with E-state index in [9.17, 15) is 19.5 Å². The molecule has 5 aliphatic rings. The average Bonchev–Trinajstić information content (AvgIpc) is 3.17. The number of hydrogen-bond acceptors (Lipinski definition) is 6. The minimum absolute atomic E-state index is 0.0407. The number of aliphatic hydroxyl groups is 1. The molecule has 1 aromatic rings. The van der Waals surface area contributed by atoms with Crippen LogP contribution in [0.2, 0.25) is 0 Å². The van der Waals surface area contributed by atoms with Crippen LogP contribution in [0, 0.1) is 11.3 Å². The molecule has 4 bridgehead atoms. The van der Waals surface area contributed by atoms with Crippen molar-refractivity contribution in [2.45, 2.75) is 48.8 Å². The standard InChI is InChI=1S/C21H22N2O5/c1-28-18(27)20-7-6-19-9-14(24)12-10-23(16(26)8-15(19)25)17(19)21(12,20)11-4-2-3-5-13(11)22-20/h2-5,12,15,17,22,25H,6-10H2,1H3/t12?,15?,17-,19?,20+,21-/m0/s1. The molecule has 2 N–H and O–H groups in total. The molecule has 6 atom stereocenters. The summed E-state index contributed by atoms with van der Waals surface area (Å²) in [5.74, 6) is -0.962. The predicted molar refractivity (Wildman–Crippen MR) is 97.4 cm³/mol. The Balaban J connectivity index is 1.73. The van der Waals surface area contributed by atoms with Gasteiger partial charge in [-0.2, -0.15) is 0 Å². The second kappa shape index (κ2) is 4.76. The van der Waals surface area contributed by atoms with Gasteiger partial charge in [0, 0.05) is 30.0 Å². The number of nitrogens with zero attached hydrogens (tertiary/aromatic N) is 1. The lowest BCUT2D eigenvalue weighted by Crippen LogP contribution is -2.78. The van der Waals surface area contributed by atoms with E-state index in [4.69, 9.17) is 4.74 Å². The lowest BCUT2D eigenvalue weighted by molar-refractivity contribution is -0.185. The van der Waals surface area contributed by atoms with Gasteiger partial charge in [0.25, 0.3) is 0 Å². The summed E-state index contributed by atoms with van der Waals surface area (Å²) in [5.41, 5.74) is -0.989. The second-order valence-electron chi connectivity index (χ2n) is 9.03. The molecular weight excluding hydrogens is 360 g/mol. The van der Waals surface area contributed by atoms with Crippen molar-refractivity contribution >= 4 is 23.3 Å². The smallest absolute Gasteiger partial charge is 0.332 e. The van der Waals surface area contributed by atoms with Crippen LogP contribution in [0.4, 0.5) is 5.69 Å². The Kier molecular flexibility index (Phi) is 2.81. The fourth-order valence-corrected chi connectivity index (χ4v) is 7.54. The fourth-order valence-electron chi connectivity index (χ4n) is 7.54. The molecule has 3 unspecified atom stereocenters. The van der Waals surface area contributed by atoms with E-state index in [-0.39, 0.29) is 30.6 Å². The number of nitrogens with one attached hydrogen (secondary N) is 1. The van der Waals surface area contributed by atoms with Gasteiger partial charge in [-0.05, 0) is 24.5 Å². The van der Waals surface area contributed by atoms with Crippen molar-refractivity contribution < 1.29 is 24.2 Å². The van der Waals surface area contributed by atoms with Crippen LogP contribution in [0.15, 0.2) is 24.3 Å². The molecule has 0 aromatic heterocycles. The molecule has 146 valence electrons. The van der Waals surface area contributed by atoms with E-state index in [0.29, 0.717) is 19.4 Å². The van der Waals surface area contributed by atoms with Crippen molar-refractivity contribution in [3.8, 4) is 0 Å². The average molecular weight is 382 g/mol. The third-order valence-corrected chi connectivity index (χ3v) is 8.39. The molecule has 7 nitrogen and oxygen atoms in total. The number of carbonyl (C=O) groups excluding carboxylic acids is 3. The molecule has 2 saturated heterocycles. The van der Waals surface area contributed by atoms with E-state index >= 15 is 0 Å². The van der Waals surface area contributed by atoms with Crippen molar-refractivity contribution in [2.24, 2.45) is 11.3 Å². The van der Waals surface area contributed by atoms with Crippen molar-refractivity contribution in [1.82, 2.24) is 4.90 Å². The summed E-state index contributed by atoms with van der Waals surface area (Å²) in [6.07, 6.45) is 0.415. The monoisotopic (exact) mass is 382 g/mol. The van der Waals surface area contributed by atoms with Crippen LogP contribution in [0.25, 0.3) is 0 Å². The van der Waals surface area contributed by atoms with Gasteiger partial charge in [-0.15, -0.1) is 0 Å². The number of anilines is 1. The van der Waals surface area contributed by atoms with Crippen LogP contribution in [-0.4, -0.2) is 59.0 Å². The summed E-state index contributed by atoms with van der Waals surface area (Å²) in [4.78, 5) is 41.4. The van der Waals surface area contributed by atoms with Gasteiger partial charge in [0.2, 0.25) is 5.91 Å². The van der Waals surface area contributed by atoms with Gasteiger partial charge in [0.1, 0.15) is 11.3 Å². The van der Waals surface area contributed by atoms with Gasteiger partial charge in [0.05, 0.1) is 31.1 Å². The second-order valence-corrected chi connectivity index (χ2v) is 9.03. The number of benzene rings is 1. The van der Waals surface area contributed by atoms with E-state index in [1.54, 1.807) is 4.90 Å². The molecule has 28 heavy (non-hydrogen) atoms. The Bertz CT molecular complexity index is 962. The number of esters is 1. The largest absolute Gasteiger partial charge is 0.467 e. The van der Waals surface area contributed by atoms with Crippen LogP contribution in [0.1, 0.15) is 31.2 Å². The fraction of sp³-hybridized carbons (Fsp3) is 0.571. The third kappa shape index (κ3) is 1.40. The number of hydrogen-bond donors (Lipinski definition) is 2. The van der Waals surface area contributed by atoms with E-state index in [1.165, 1.54) is 7.11 Å². The maximum absolute atomic E-state index is 13.4. The quantitative estimate of drug-likeness (QED) is 0.691. The minimum atomic E-state index is -1.10. The highest BCUT2D eigenvalue weighted by atomic mass is 16.5. The number of ketones is 1. The molecule has 1 spiro atoms. The highest BCUT2D eigenvalue weighted by Gasteiger charge is 2.83. The summed E-state index contributed by atoms with van der Waals surface area (Å²) < 4.78 is 5.27. The number of amides is 1. The number of rotatable bonds is 1. The van der Waals surface area contributed by atoms with Crippen molar-refractivity contribution in [2.75, 3.05) is 19.0 Å². The Morgan fingerprint density at radius 1 is 1.29 bits per heavy atom. The molecular formula is C21H22N2O5. The number of ether oxygens (including phenoxy) is 1. The van der Waals surface area contributed by atoms with E-state index < -0.39 is 34.4 Å². The van der Waals surface area contributed by atoms with Crippen LogP contribution in [0.3, 0.4) is 0 Å². The topological polar surface area (TPSA) is 95.9 Å². The first-order valence-electron chi connectivity index (χ1n) is 9.89. The zero-order valence-electron chi connectivity index (χ0n) is 15.6. The zero-order valence-corrected chi connectivity index (χ0v) is 15.6. The third-order valence-electron chi connectivity index (χ3n) is 8.39. The molecule has 2 aliphatic carbocycles. The number of methoxy groups -OCH3 is 1. The zero-order chi connectivity index (χ0) is 19.5. The van der Waals surface area contributed by atoms with Crippen LogP contribution in [0.5, 0.6) is 0 Å². The molecule has 7 heteroatoms. The van der Waals surface area contributed by atoms with Crippen LogP contribution < -0.4 is 5.32 Å². The minimum Gasteiger partial charge on any atom is -0.467 e. The molecule has 2 saturated carbocycles. The predicted octanol–water partition coefficient (Wildman–Crippen LogP) is 0.606. The summed E-state index contributed by atoms with van der Waals surface area (Å²) in [6.45, 7) is 0.311. The molecule has 6 rings (SSSR count). The molecule has 0 radical (unpaired) electrons. The molecule has 1 amide bonds.